The molecule has 4 nitrogen and oxygen atoms in total. The van der Waals surface area contributed by atoms with Crippen LogP contribution >= 0.6 is 23.2 Å². The van der Waals surface area contributed by atoms with Gasteiger partial charge in [0.05, 0.1) is 5.56 Å². The number of amides is 1. The summed E-state index contributed by atoms with van der Waals surface area (Å²) < 4.78 is 0. The second-order valence-corrected chi connectivity index (χ2v) is 5.96. The number of nitrogens with zero attached hydrogens (tertiary/aromatic N) is 3. The Morgan fingerprint density at radius 2 is 2.11 bits per heavy atom. The van der Waals surface area contributed by atoms with Gasteiger partial charge in [0.1, 0.15) is 0 Å². The van der Waals surface area contributed by atoms with Crippen molar-refractivity contribution in [2.45, 2.75) is 38.6 Å². The molecule has 1 fully saturated rings. The number of rotatable bonds is 2. The number of carbonyl (C=O) groups is 1. The normalized spacial score (nSPS) is 23.2. The van der Waals surface area contributed by atoms with Crippen LogP contribution in [-0.4, -0.2) is 34.1 Å². The molecule has 1 aromatic rings. The van der Waals surface area contributed by atoms with Gasteiger partial charge < -0.3 is 4.90 Å². The highest BCUT2D eigenvalue weighted by molar-refractivity contribution is 6.34. The molecule has 19 heavy (non-hydrogen) atoms. The third-order valence-electron chi connectivity index (χ3n) is 3.73. The quantitative estimate of drug-likeness (QED) is 0.840. The van der Waals surface area contributed by atoms with Crippen LogP contribution in [0.3, 0.4) is 0 Å². The Morgan fingerprint density at radius 3 is 2.79 bits per heavy atom. The van der Waals surface area contributed by atoms with Crippen molar-refractivity contribution in [2.24, 2.45) is 5.92 Å². The van der Waals surface area contributed by atoms with Crippen LogP contribution in [0.5, 0.6) is 0 Å². The first-order chi connectivity index (χ1) is 8.99. The van der Waals surface area contributed by atoms with Crippen LogP contribution in [-0.2, 0) is 0 Å². The lowest BCUT2D eigenvalue weighted by molar-refractivity contribution is 0.0672. The van der Waals surface area contributed by atoms with Gasteiger partial charge in [0.15, 0.2) is 10.3 Å². The number of halogens is 2. The second kappa shape index (κ2) is 6.06. The third-order valence-corrected chi connectivity index (χ3v) is 4.19. The highest BCUT2D eigenvalue weighted by Gasteiger charge is 2.27. The molecule has 6 heteroatoms. The molecule has 1 aromatic heterocycles. The molecule has 1 aliphatic rings. The third kappa shape index (κ3) is 3.37. The smallest absolute Gasteiger partial charge is 0.257 e. The first kappa shape index (κ1) is 14.5. The second-order valence-electron chi connectivity index (χ2n) is 5.21. The molecule has 0 aliphatic heterocycles. The molecule has 2 rings (SSSR count). The van der Waals surface area contributed by atoms with Crippen molar-refractivity contribution in [3.05, 3.63) is 21.9 Å². The molecule has 1 saturated carbocycles. The molecule has 0 bridgehead atoms. The molecule has 2 atom stereocenters. The highest BCUT2D eigenvalue weighted by atomic mass is 35.5. The average molecular weight is 302 g/mol. The van der Waals surface area contributed by atoms with Gasteiger partial charge in [-0.2, -0.15) is 0 Å². The maximum atomic E-state index is 12.4. The van der Waals surface area contributed by atoms with Gasteiger partial charge in [0.25, 0.3) is 5.91 Å². The monoisotopic (exact) mass is 301 g/mol. The van der Waals surface area contributed by atoms with Crippen LogP contribution in [0.15, 0.2) is 6.07 Å². The van der Waals surface area contributed by atoms with E-state index in [1.54, 1.807) is 4.90 Å². The molecule has 1 aliphatic carbocycles. The van der Waals surface area contributed by atoms with Crippen molar-refractivity contribution in [3.63, 3.8) is 0 Å². The zero-order valence-corrected chi connectivity index (χ0v) is 12.6. The van der Waals surface area contributed by atoms with Gasteiger partial charge in [-0.05, 0) is 24.8 Å². The van der Waals surface area contributed by atoms with Crippen molar-refractivity contribution < 1.29 is 4.79 Å². The molecule has 0 aromatic carbocycles. The topological polar surface area (TPSA) is 46.1 Å². The minimum atomic E-state index is -0.138. The Morgan fingerprint density at radius 1 is 1.37 bits per heavy atom. The molecular weight excluding hydrogens is 285 g/mol. The van der Waals surface area contributed by atoms with Crippen molar-refractivity contribution in [2.75, 3.05) is 7.05 Å². The van der Waals surface area contributed by atoms with E-state index >= 15 is 0 Å². The van der Waals surface area contributed by atoms with Crippen molar-refractivity contribution in [1.29, 1.82) is 0 Å². The Balaban J connectivity index is 2.16. The summed E-state index contributed by atoms with van der Waals surface area (Å²) in [6, 6.07) is 1.74. The fraction of sp³-hybridized carbons (Fsp3) is 0.615. The largest absolute Gasteiger partial charge is 0.339 e. The standard InChI is InChI=1S/C13H17Cl2N3O/c1-8-4-3-5-9(6-8)18(2)13(19)10-7-11(14)16-17-12(10)15/h7-9H,3-6H2,1-2H3. The molecule has 104 valence electrons. The predicted octanol–water partition coefficient (Wildman–Crippen LogP) is 3.43. The van der Waals surface area contributed by atoms with Crippen LogP contribution in [0.25, 0.3) is 0 Å². The van der Waals surface area contributed by atoms with Crippen LogP contribution in [0.4, 0.5) is 0 Å². The molecule has 0 radical (unpaired) electrons. The Bertz CT molecular complexity index is 481. The van der Waals surface area contributed by atoms with E-state index in [4.69, 9.17) is 23.2 Å². The molecule has 0 spiro atoms. The van der Waals surface area contributed by atoms with Crippen molar-refractivity contribution in [3.8, 4) is 0 Å². The fourth-order valence-corrected chi connectivity index (χ4v) is 2.93. The summed E-state index contributed by atoms with van der Waals surface area (Å²) in [5.41, 5.74) is 0.322. The van der Waals surface area contributed by atoms with E-state index in [1.165, 1.54) is 12.5 Å². The summed E-state index contributed by atoms with van der Waals surface area (Å²) in [5.74, 6) is 0.518. The Kier molecular flexibility index (Phi) is 4.63. The predicted molar refractivity (Wildman–Crippen MR) is 75.6 cm³/mol. The highest BCUT2D eigenvalue weighted by Crippen LogP contribution is 2.28. The van der Waals surface area contributed by atoms with E-state index in [9.17, 15) is 4.79 Å². The zero-order valence-electron chi connectivity index (χ0n) is 11.1. The van der Waals surface area contributed by atoms with Gasteiger partial charge in [0.2, 0.25) is 0 Å². The summed E-state index contributed by atoms with van der Waals surface area (Å²) in [4.78, 5) is 14.2. The lowest BCUT2D eigenvalue weighted by Gasteiger charge is -2.34. The van der Waals surface area contributed by atoms with Gasteiger partial charge in [-0.15, -0.1) is 10.2 Å². The van der Waals surface area contributed by atoms with E-state index in [0.29, 0.717) is 11.5 Å². The first-order valence-corrected chi connectivity index (χ1v) is 7.20. The number of hydrogen-bond donors (Lipinski definition) is 0. The maximum Gasteiger partial charge on any atom is 0.257 e. The minimum Gasteiger partial charge on any atom is -0.339 e. The SMILES string of the molecule is CC1CCCC(N(C)C(=O)c2cc(Cl)nnc2Cl)C1. The van der Waals surface area contributed by atoms with Gasteiger partial charge in [-0.1, -0.05) is 43.0 Å². The van der Waals surface area contributed by atoms with E-state index in [2.05, 4.69) is 17.1 Å². The molecule has 2 unspecified atom stereocenters. The molecule has 1 amide bonds. The first-order valence-electron chi connectivity index (χ1n) is 6.45. The van der Waals surface area contributed by atoms with Gasteiger partial charge in [-0.25, -0.2) is 0 Å². The average Bonchev–Trinajstić information content (AvgIpc) is 2.40. The van der Waals surface area contributed by atoms with Crippen LogP contribution in [0.2, 0.25) is 10.3 Å². The Hall–Kier alpha value is -0.870. The van der Waals surface area contributed by atoms with Crippen molar-refractivity contribution >= 4 is 29.1 Å². The lowest BCUT2D eigenvalue weighted by Crippen LogP contribution is -2.40. The number of hydrogen-bond acceptors (Lipinski definition) is 3. The molecular formula is C13H17Cl2N3O. The van der Waals surface area contributed by atoms with Crippen molar-refractivity contribution in [1.82, 2.24) is 15.1 Å². The molecule has 0 saturated heterocycles. The van der Waals surface area contributed by atoms with E-state index in [0.717, 1.165) is 19.3 Å². The van der Waals surface area contributed by atoms with Gasteiger partial charge in [0, 0.05) is 13.1 Å². The molecule has 0 N–H and O–H groups in total. The minimum absolute atomic E-state index is 0.102. The Labute approximate surface area is 123 Å². The van der Waals surface area contributed by atoms with Crippen LogP contribution < -0.4 is 0 Å². The summed E-state index contributed by atoms with van der Waals surface area (Å²) in [5, 5.41) is 7.58. The summed E-state index contributed by atoms with van der Waals surface area (Å²) in [7, 11) is 1.82. The maximum absolute atomic E-state index is 12.4. The van der Waals surface area contributed by atoms with E-state index < -0.39 is 0 Å². The fourth-order valence-electron chi connectivity index (χ4n) is 2.61. The zero-order chi connectivity index (χ0) is 14.0. The van der Waals surface area contributed by atoms with Crippen LogP contribution in [0, 0.1) is 5.92 Å². The summed E-state index contributed by atoms with van der Waals surface area (Å²) >= 11 is 11.7. The summed E-state index contributed by atoms with van der Waals surface area (Å²) in [6.07, 6.45) is 4.47. The van der Waals surface area contributed by atoms with Gasteiger partial charge in [-0.3, -0.25) is 4.79 Å². The van der Waals surface area contributed by atoms with Crippen LogP contribution in [0.1, 0.15) is 43.0 Å². The lowest BCUT2D eigenvalue weighted by atomic mass is 9.86. The molecule has 1 heterocycles. The van der Waals surface area contributed by atoms with Gasteiger partial charge >= 0.3 is 0 Å². The van der Waals surface area contributed by atoms with E-state index in [1.807, 2.05) is 7.05 Å². The van der Waals surface area contributed by atoms with E-state index in [-0.39, 0.29) is 22.3 Å². The number of carbonyl (C=O) groups excluding carboxylic acids is 1. The number of aromatic nitrogens is 2. The summed E-state index contributed by atoms with van der Waals surface area (Å²) in [6.45, 7) is 2.22.